The van der Waals surface area contributed by atoms with E-state index in [0.29, 0.717) is 10.0 Å². The van der Waals surface area contributed by atoms with Crippen LogP contribution in [0.4, 0.5) is 0 Å². The maximum absolute atomic E-state index is 5.94. The van der Waals surface area contributed by atoms with E-state index in [9.17, 15) is 0 Å². The molecule has 2 heteroatoms. The zero-order valence-corrected chi connectivity index (χ0v) is 12.0. The van der Waals surface area contributed by atoms with Gasteiger partial charge in [0.25, 0.3) is 0 Å². The molecule has 15 heavy (non-hydrogen) atoms. The zero-order valence-electron chi connectivity index (χ0n) is 9.80. The number of ether oxygens (including phenoxy) is 1. The lowest BCUT2D eigenvalue weighted by Crippen LogP contribution is -2.17. The van der Waals surface area contributed by atoms with Crippen LogP contribution in [0.5, 0.6) is 0 Å². The van der Waals surface area contributed by atoms with Crippen LogP contribution in [0.25, 0.3) is 0 Å². The van der Waals surface area contributed by atoms with E-state index < -0.39 is 0 Å². The average molecular weight is 322 g/mol. The minimum absolute atomic E-state index is 0.497. The first kappa shape index (κ1) is 13.5. The van der Waals surface area contributed by atoms with E-state index in [0.717, 1.165) is 6.61 Å². The van der Waals surface area contributed by atoms with Crippen LogP contribution in [0.2, 0.25) is 0 Å². The number of hydrogen-bond acceptors (Lipinski definition) is 1. The van der Waals surface area contributed by atoms with Crippen molar-refractivity contribution in [3.8, 4) is 0 Å². The van der Waals surface area contributed by atoms with Gasteiger partial charge < -0.3 is 4.74 Å². The highest BCUT2D eigenvalue weighted by atomic mass is 127. The van der Waals surface area contributed by atoms with E-state index in [4.69, 9.17) is 4.74 Å². The van der Waals surface area contributed by atoms with E-state index in [1.807, 2.05) is 0 Å². The standard InChI is InChI=1S/C13H23IO/c1-11(12(2)14)10-15-13-8-6-4-3-5-7-9-13/h12-13H,1,3-10H2,2H3. The van der Waals surface area contributed by atoms with Crippen molar-refractivity contribution in [2.45, 2.75) is 61.9 Å². The summed E-state index contributed by atoms with van der Waals surface area (Å²) in [5.41, 5.74) is 1.22. The molecule has 0 aromatic carbocycles. The third-order valence-corrected chi connectivity index (χ3v) is 4.00. The Morgan fingerprint density at radius 2 is 1.80 bits per heavy atom. The second-order valence-corrected chi connectivity index (χ2v) is 6.42. The van der Waals surface area contributed by atoms with Crippen LogP contribution in [0, 0.1) is 0 Å². The minimum Gasteiger partial charge on any atom is -0.374 e. The second-order valence-electron chi connectivity index (χ2n) is 4.55. The summed E-state index contributed by atoms with van der Waals surface area (Å²) in [7, 11) is 0. The van der Waals surface area contributed by atoms with Crippen LogP contribution < -0.4 is 0 Å². The molecule has 1 nitrogen and oxygen atoms in total. The molecule has 0 spiro atoms. The van der Waals surface area contributed by atoms with E-state index in [1.165, 1.54) is 50.5 Å². The summed E-state index contributed by atoms with van der Waals surface area (Å²) in [6, 6.07) is 0. The summed E-state index contributed by atoms with van der Waals surface area (Å²) >= 11 is 2.40. The van der Waals surface area contributed by atoms with E-state index in [1.54, 1.807) is 0 Å². The van der Waals surface area contributed by atoms with Gasteiger partial charge in [-0.05, 0) is 25.3 Å². The summed E-state index contributed by atoms with van der Waals surface area (Å²) in [5.74, 6) is 0. The molecule has 1 aliphatic carbocycles. The molecule has 1 fully saturated rings. The first-order valence-corrected chi connectivity index (χ1v) is 7.38. The summed E-state index contributed by atoms with van der Waals surface area (Å²) in [6.45, 7) is 6.98. The SMILES string of the molecule is C=C(COC1CCCCCCC1)C(C)I. The Bertz CT molecular complexity index is 181. The smallest absolute Gasteiger partial charge is 0.0688 e. The molecular weight excluding hydrogens is 299 g/mol. The Morgan fingerprint density at radius 3 is 2.33 bits per heavy atom. The zero-order chi connectivity index (χ0) is 11.1. The van der Waals surface area contributed by atoms with Crippen LogP contribution in [0.1, 0.15) is 51.9 Å². The molecule has 0 radical (unpaired) electrons. The fraction of sp³-hybridized carbons (Fsp3) is 0.846. The van der Waals surface area contributed by atoms with Gasteiger partial charge in [0, 0.05) is 3.92 Å². The van der Waals surface area contributed by atoms with Gasteiger partial charge in [0.15, 0.2) is 0 Å². The molecule has 0 aromatic heterocycles. The molecule has 0 aliphatic heterocycles. The van der Waals surface area contributed by atoms with Gasteiger partial charge >= 0.3 is 0 Å². The molecule has 1 rings (SSSR count). The fourth-order valence-corrected chi connectivity index (χ4v) is 2.10. The highest BCUT2D eigenvalue weighted by Gasteiger charge is 2.12. The van der Waals surface area contributed by atoms with Gasteiger partial charge in [0.2, 0.25) is 0 Å². The first-order valence-electron chi connectivity index (χ1n) is 6.13. The average Bonchev–Trinajstić information content (AvgIpc) is 2.15. The van der Waals surface area contributed by atoms with Gasteiger partial charge in [-0.2, -0.15) is 0 Å². The summed E-state index contributed by atoms with van der Waals surface area (Å²) in [4.78, 5) is 0. The van der Waals surface area contributed by atoms with E-state index in [-0.39, 0.29) is 0 Å². The van der Waals surface area contributed by atoms with Crippen LogP contribution in [0.15, 0.2) is 12.2 Å². The van der Waals surface area contributed by atoms with Crippen molar-refractivity contribution >= 4 is 22.6 Å². The maximum atomic E-state index is 5.94. The molecule has 1 aliphatic rings. The van der Waals surface area contributed by atoms with Crippen LogP contribution in [-0.2, 0) is 4.74 Å². The van der Waals surface area contributed by atoms with Gasteiger partial charge in [-0.3, -0.25) is 0 Å². The lowest BCUT2D eigenvalue weighted by molar-refractivity contribution is 0.0499. The molecule has 88 valence electrons. The number of hydrogen-bond donors (Lipinski definition) is 0. The Kier molecular flexibility index (Phi) is 6.89. The first-order chi connectivity index (χ1) is 7.20. The second kappa shape index (κ2) is 7.66. The summed E-state index contributed by atoms with van der Waals surface area (Å²) in [5, 5.41) is 0. The van der Waals surface area contributed by atoms with Crippen molar-refractivity contribution in [2.75, 3.05) is 6.61 Å². The molecule has 1 atom stereocenters. The molecule has 0 bridgehead atoms. The van der Waals surface area contributed by atoms with Gasteiger partial charge in [-0.25, -0.2) is 0 Å². The van der Waals surface area contributed by atoms with Gasteiger partial charge in [0.1, 0.15) is 0 Å². The molecular formula is C13H23IO. The molecule has 0 heterocycles. The van der Waals surface area contributed by atoms with E-state index >= 15 is 0 Å². The highest BCUT2D eigenvalue weighted by molar-refractivity contribution is 14.1. The lowest BCUT2D eigenvalue weighted by atomic mass is 9.98. The summed E-state index contributed by atoms with van der Waals surface area (Å²) < 4.78 is 6.46. The Labute approximate surface area is 108 Å². The van der Waals surface area contributed by atoms with Crippen molar-refractivity contribution in [2.24, 2.45) is 0 Å². The number of rotatable bonds is 4. The number of alkyl halides is 1. The highest BCUT2D eigenvalue weighted by Crippen LogP contribution is 2.20. The van der Waals surface area contributed by atoms with Crippen molar-refractivity contribution in [3.63, 3.8) is 0 Å². The third kappa shape index (κ3) is 5.91. The van der Waals surface area contributed by atoms with E-state index in [2.05, 4.69) is 36.1 Å². The lowest BCUT2D eigenvalue weighted by Gasteiger charge is -2.21. The van der Waals surface area contributed by atoms with Crippen molar-refractivity contribution in [1.29, 1.82) is 0 Å². The van der Waals surface area contributed by atoms with Crippen LogP contribution in [0.3, 0.4) is 0 Å². The summed E-state index contributed by atoms with van der Waals surface area (Å²) in [6.07, 6.45) is 9.90. The fourth-order valence-electron chi connectivity index (χ4n) is 1.93. The third-order valence-electron chi connectivity index (χ3n) is 3.12. The topological polar surface area (TPSA) is 9.23 Å². The quantitative estimate of drug-likeness (QED) is 0.421. The molecule has 0 N–H and O–H groups in total. The monoisotopic (exact) mass is 322 g/mol. The Balaban J connectivity index is 2.20. The Hall–Kier alpha value is 0.430. The predicted molar refractivity (Wildman–Crippen MR) is 74.7 cm³/mol. The number of halogens is 1. The van der Waals surface area contributed by atoms with Crippen molar-refractivity contribution in [3.05, 3.63) is 12.2 Å². The predicted octanol–water partition coefficient (Wildman–Crippen LogP) is 4.50. The molecule has 0 saturated heterocycles. The van der Waals surface area contributed by atoms with Crippen LogP contribution in [-0.4, -0.2) is 16.6 Å². The maximum Gasteiger partial charge on any atom is 0.0688 e. The Morgan fingerprint density at radius 1 is 1.27 bits per heavy atom. The molecule has 0 aromatic rings. The van der Waals surface area contributed by atoms with Crippen molar-refractivity contribution < 1.29 is 4.74 Å². The minimum atomic E-state index is 0.497. The van der Waals surface area contributed by atoms with Gasteiger partial charge in [-0.15, -0.1) is 0 Å². The molecule has 1 saturated carbocycles. The van der Waals surface area contributed by atoms with Crippen LogP contribution >= 0.6 is 22.6 Å². The normalized spacial score (nSPS) is 21.7. The molecule has 1 unspecified atom stereocenters. The molecule has 0 amide bonds. The van der Waals surface area contributed by atoms with Crippen molar-refractivity contribution in [1.82, 2.24) is 0 Å². The van der Waals surface area contributed by atoms with Gasteiger partial charge in [-0.1, -0.05) is 61.3 Å². The van der Waals surface area contributed by atoms with Gasteiger partial charge in [0.05, 0.1) is 12.7 Å². The largest absolute Gasteiger partial charge is 0.374 e.